The molecular weight excluding hydrogens is 188 g/mol. The van der Waals surface area contributed by atoms with Gasteiger partial charge in [-0.25, -0.2) is 0 Å². The van der Waals surface area contributed by atoms with Gasteiger partial charge >= 0.3 is 0 Å². The summed E-state index contributed by atoms with van der Waals surface area (Å²) in [6.45, 7) is 2.28. The molecule has 1 aromatic heterocycles. The summed E-state index contributed by atoms with van der Waals surface area (Å²) in [6.07, 6.45) is 8.61. The molecule has 82 valence electrons. The lowest BCUT2D eigenvalue weighted by Gasteiger charge is -2.27. The molecule has 0 amide bonds. The average molecular weight is 206 g/mol. The van der Waals surface area contributed by atoms with Crippen molar-refractivity contribution in [1.82, 2.24) is 4.98 Å². The van der Waals surface area contributed by atoms with Crippen molar-refractivity contribution in [2.45, 2.75) is 38.7 Å². The van der Waals surface area contributed by atoms with Gasteiger partial charge in [0, 0.05) is 6.07 Å². The summed E-state index contributed by atoms with van der Waals surface area (Å²) in [4.78, 5) is 4.02. The maximum absolute atomic E-state index is 5.86. The van der Waals surface area contributed by atoms with Crippen LogP contribution >= 0.6 is 0 Å². The number of nitrogen functional groups attached to an aromatic ring is 1. The zero-order valence-electron chi connectivity index (χ0n) is 9.15. The summed E-state index contributed by atoms with van der Waals surface area (Å²) in [5.74, 6) is 1.58. The van der Waals surface area contributed by atoms with Crippen LogP contribution in [0.1, 0.15) is 32.6 Å². The minimum Gasteiger partial charge on any atom is -0.489 e. The highest BCUT2D eigenvalue weighted by atomic mass is 16.5. The molecule has 0 spiro atoms. The normalized spacial score (nSPS) is 26.2. The van der Waals surface area contributed by atoms with Crippen molar-refractivity contribution in [3.05, 3.63) is 18.5 Å². The van der Waals surface area contributed by atoms with Crippen LogP contribution in [0.3, 0.4) is 0 Å². The van der Waals surface area contributed by atoms with Gasteiger partial charge < -0.3 is 10.5 Å². The van der Waals surface area contributed by atoms with E-state index < -0.39 is 0 Å². The van der Waals surface area contributed by atoms with Crippen molar-refractivity contribution in [2.24, 2.45) is 5.92 Å². The molecular formula is C12H18N2O. The maximum atomic E-state index is 5.86. The molecule has 0 saturated heterocycles. The highest BCUT2D eigenvalue weighted by Gasteiger charge is 2.20. The summed E-state index contributed by atoms with van der Waals surface area (Å²) in [5.41, 5.74) is 6.31. The number of ether oxygens (including phenoxy) is 1. The van der Waals surface area contributed by atoms with Crippen molar-refractivity contribution >= 4 is 5.69 Å². The number of hydrogen-bond donors (Lipinski definition) is 1. The number of nitrogens with two attached hydrogens (primary N) is 1. The molecule has 1 aromatic rings. The Morgan fingerprint density at radius 1 is 1.40 bits per heavy atom. The molecule has 3 heteroatoms. The Kier molecular flexibility index (Phi) is 3.09. The van der Waals surface area contributed by atoms with Crippen molar-refractivity contribution in [3.63, 3.8) is 0 Å². The van der Waals surface area contributed by atoms with E-state index in [1.54, 1.807) is 12.4 Å². The highest BCUT2D eigenvalue weighted by Crippen LogP contribution is 2.27. The van der Waals surface area contributed by atoms with E-state index in [-0.39, 0.29) is 0 Å². The van der Waals surface area contributed by atoms with E-state index >= 15 is 0 Å². The molecule has 0 bridgehead atoms. The molecule has 1 fully saturated rings. The van der Waals surface area contributed by atoms with E-state index in [1.807, 2.05) is 6.07 Å². The monoisotopic (exact) mass is 206 g/mol. The molecule has 3 nitrogen and oxygen atoms in total. The number of nitrogens with zero attached hydrogens (tertiary/aromatic N) is 1. The Bertz CT molecular complexity index is 327. The fraction of sp³-hybridized carbons (Fsp3) is 0.583. The van der Waals surface area contributed by atoms with Gasteiger partial charge in [-0.3, -0.25) is 4.98 Å². The average Bonchev–Trinajstić information content (AvgIpc) is 2.17. The van der Waals surface area contributed by atoms with Crippen molar-refractivity contribution in [1.29, 1.82) is 0 Å². The van der Waals surface area contributed by atoms with Crippen LogP contribution in [0.5, 0.6) is 5.75 Å². The molecule has 0 aliphatic heterocycles. The lowest BCUT2D eigenvalue weighted by Crippen LogP contribution is -2.24. The lowest BCUT2D eigenvalue weighted by molar-refractivity contribution is 0.129. The maximum Gasteiger partial charge on any atom is 0.140 e. The third kappa shape index (κ3) is 2.85. The number of rotatable bonds is 2. The Hall–Kier alpha value is -1.25. The topological polar surface area (TPSA) is 48.1 Å². The fourth-order valence-corrected chi connectivity index (χ4v) is 2.18. The van der Waals surface area contributed by atoms with Crippen LogP contribution in [0.4, 0.5) is 5.69 Å². The van der Waals surface area contributed by atoms with Crippen LogP contribution in [-0.2, 0) is 0 Å². The van der Waals surface area contributed by atoms with Crippen molar-refractivity contribution < 1.29 is 4.74 Å². The third-order valence-corrected chi connectivity index (χ3v) is 2.93. The minimum absolute atomic E-state index is 0.345. The predicted octanol–water partition coefficient (Wildman–Crippen LogP) is 2.62. The van der Waals surface area contributed by atoms with E-state index in [9.17, 15) is 0 Å². The molecule has 2 rings (SSSR count). The molecule has 2 N–H and O–H groups in total. The largest absolute Gasteiger partial charge is 0.489 e. The zero-order chi connectivity index (χ0) is 10.7. The summed E-state index contributed by atoms with van der Waals surface area (Å²) in [7, 11) is 0. The minimum atomic E-state index is 0.345. The van der Waals surface area contributed by atoms with Crippen LogP contribution < -0.4 is 10.5 Å². The second-order valence-corrected chi connectivity index (χ2v) is 4.47. The van der Waals surface area contributed by atoms with Gasteiger partial charge in [-0.05, 0) is 25.2 Å². The Labute approximate surface area is 90.7 Å². The van der Waals surface area contributed by atoms with Gasteiger partial charge in [0.25, 0.3) is 0 Å². The second kappa shape index (κ2) is 4.51. The van der Waals surface area contributed by atoms with Gasteiger partial charge in [-0.15, -0.1) is 0 Å². The van der Waals surface area contributed by atoms with Gasteiger partial charge in [-0.2, -0.15) is 0 Å². The zero-order valence-corrected chi connectivity index (χ0v) is 9.15. The summed E-state index contributed by atoms with van der Waals surface area (Å²) >= 11 is 0. The molecule has 1 heterocycles. The first-order valence-corrected chi connectivity index (χ1v) is 5.61. The summed E-state index contributed by atoms with van der Waals surface area (Å²) in [6, 6.07) is 1.84. The quantitative estimate of drug-likeness (QED) is 0.809. The first-order chi connectivity index (χ1) is 7.24. The lowest BCUT2D eigenvalue weighted by atomic mass is 9.89. The molecule has 1 aliphatic carbocycles. The smallest absolute Gasteiger partial charge is 0.140 e. The number of hydrogen-bond acceptors (Lipinski definition) is 3. The second-order valence-electron chi connectivity index (χ2n) is 4.47. The molecule has 2 atom stereocenters. The third-order valence-electron chi connectivity index (χ3n) is 2.93. The first kappa shape index (κ1) is 10.3. The van der Waals surface area contributed by atoms with E-state index in [1.165, 1.54) is 12.8 Å². The molecule has 2 unspecified atom stereocenters. The molecule has 0 aromatic carbocycles. The summed E-state index contributed by atoms with van der Waals surface area (Å²) < 4.78 is 5.86. The van der Waals surface area contributed by atoms with Crippen molar-refractivity contribution in [2.75, 3.05) is 5.73 Å². The standard InChI is InChI=1S/C12H18N2O/c1-9-3-2-4-11(5-9)15-12-6-10(13)7-14-8-12/h6-9,11H,2-5,13H2,1H3. The van der Waals surface area contributed by atoms with Crippen molar-refractivity contribution in [3.8, 4) is 5.75 Å². The summed E-state index contributed by atoms with van der Waals surface area (Å²) in [5, 5.41) is 0. The number of aromatic nitrogens is 1. The van der Waals surface area contributed by atoms with E-state index in [2.05, 4.69) is 11.9 Å². The molecule has 1 saturated carbocycles. The number of pyridine rings is 1. The Morgan fingerprint density at radius 3 is 3.00 bits per heavy atom. The van der Waals surface area contributed by atoms with Crippen LogP contribution in [-0.4, -0.2) is 11.1 Å². The van der Waals surface area contributed by atoms with Gasteiger partial charge in [0.2, 0.25) is 0 Å². The van der Waals surface area contributed by atoms with Crippen LogP contribution in [0.25, 0.3) is 0 Å². The van der Waals surface area contributed by atoms with E-state index in [0.29, 0.717) is 11.8 Å². The van der Waals surface area contributed by atoms with E-state index in [4.69, 9.17) is 10.5 Å². The van der Waals surface area contributed by atoms with Gasteiger partial charge in [0.15, 0.2) is 0 Å². The SMILES string of the molecule is CC1CCCC(Oc2cncc(N)c2)C1. The first-order valence-electron chi connectivity index (χ1n) is 5.61. The Balaban J connectivity index is 1.96. The van der Waals surface area contributed by atoms with Crippen LogP contribution in [0.15, 0.2) is 18.5 Å². The van der Waals surface area contributed by atoms with E-state index in [0.717, 1.165) is 24.5 Å². The van der Waals surface area contributed by atoms with Crippen LogP contribution in [0.2, 0.25) is 0 Å². The number of anilines is 1. The molecule has 0 radical (unpaired) electrons. The van der Waals surface area contributed by atoms with Gasteiger partial charge in [-0.1, -0.05) is 13.3 Å². The van der Waals surface area contributed by atoms with Gasteiger partial charge in [0.1, 0.15) is 5.75 Å². The Morgan fingerprint density at radius 2 is 2.27 bits per heavy atom. The molecule has 1 aliphatic rings. The highest BCUT2D eigenvalue weighted by molar-refractivity contribution is 5.40. The molecule has 15 heavy (non-hydrogen) atoms. The van der Waals surface area contributed by atoms with Gasteiger partial charge in [0.05, 0.1) is 24.2 Å². The fourth-order valence-electron chi connectivity index (χ4n) is 2.18. The predicted molar refractivity (Wildman–Crippen MR) is 60.7 cm³/mol. The van der Waals surface area contributed by atoms with Crippen LogP contribution in [0, 0.1) is 5.92 Å².